The van der Waals surface area contributed by atoms with Crippen molar-refractivity contribution in [1.29, 1.82) is 0 Å². The number of halogens is 1. The average molecular weight is 290 g/mol. The van der Waals surface area contributed by atoms with Crippen LogP contribution in [0, 0.1) is 0 Å². The molecule has 1 aliphatic heterocycles. The van der Waals surface area contributed by atoms with Crippen molar-refractivity contribution in [2.75, 3.05) is 26.3 Å². The van der Waals surface area contributed by atoms with Gasteiger partial charge in [-0.15, -0.1) is 11.3 Å². The SMILES string of the molecule is CC(NCc1ncc(Cl)s1)C(=O)N1CCOCC1. The van der Waals surface area contributed by atoms with Gasteiger partial charge in [0.05, 0.1) is 25.5 Å². The van der Waals surface area contributed by atoms with E-state index < -0.39 is 0 Å². The molecule has 18 heavy (non-hydrogen) atoms. The Hall–Kier alpha value is -0.690. The monoisotopic (exact) mass is 289 g/mol. The third-order valence-electron chi connectivity index (χ3n) is 2.78. The molecule has 0 saturated carbocycles. The third-order valence-corrected chi connectivity index (χ3v) is 3.89. The van der Waals surface area contributed by atoms with Gasteiger partial charge in [-0.1, -0.05) is 11.6 Å². The predicted octanol–water partition coefficient (Wildman–Crippen LogP) is 1.13. The van der Waals surface area contributed by atoms with Crippen LogP contribution in [0.2, 0.25) is 4.34 Å². The van der Waals surface area contributed by atoms with Gasteiger partial charge in [0.15, 0.2) is 0 Å². The molecule has 0 spiro atoms. The van der Waals surface area contributed by atoms with E-state index in [0.717, 1.165) is 5.01 Å². The van der Waals surface area contributed by atoms with Crippen molar-refractivity contribution in [1.82, 2.24) is 15.2 Å². The number of amides is 1. The summed E-state index contributed by atoms with van der Waals surface area (Å²) in [5, 5.41) is 4.06. The second-order valence-electron chi connectivity index (χ2n) is 4.10. The van der Waals surface area contributed by atoms with Gasteiger partial charge in [-0.25, -0.2) is 4.98 Å². The molecule has 0 bridgehead atoms. The molecule has 100 valence electrons. The van der Waals surface area contributed by atoms with Crippen LogP contribution in [0.25, 0.3) is 0 Å². The lowest BCUT2D eigenvalue weighted by molar-refractivity contribution is -0.137. The van der Waals surface area contributed by atoms with Gasteiger partial charge < -0.3 is 9.64 Å². The largest absolute Gasteiger partial charge is 0.378 e. The first kappa shape index (κ1) is 13.7. The molecule has 2 rings (SSSR count). The number of morpholine rings is 1. The number of nitrogens with one attached hydrogen (secondary N) is 1. The lowest BCUT2D eigenvalue weighted by Crippen LogP contribution is -2.49. The fourth-order valence-electron chi connectivity index (χ4n) is 1.76. The molecule has 1 saturated heterocycles. The number of hydrogen-bond donors (Lipinski definition) is 1. The first-order valence-corrected chi connectivity index (χ1v) is 7.06. The number of rotatable bonds is 4. The number of aromatic nitrogens is 1. The highest BCUT2D eigenvalue weighted by molar-refractivity contribution is 7.15. The molecule has 1 aliphatic rings. The molecule has 5 nitrogen and oxygen atoms in total. The average Bonchev–Trinajstić information content (AvgIpc) is 2.82. The molecular weight excluding hydrogens is 274 g/mol. The maximum atomic E-state index is 12.1. The first-order chi connectivity index (χ1) is 8.66. The van der Waals surface area contributed by atoms with Crippen LogP contribution in [0.3, 0.4) is 0 Å². The van der Waals surface area contributed by atoms with Crippen LogP contribution in [0.1, 0.15) is 11.9 Å². The van der Waals surface area contributed by atoms with E-state index in [2.05, 4.69) is 10.3 Å². The summed E-state index contributed by atoms with van der Waals surface area (Å²) in [7, 11) is 0. The fraction of sp³-hybridized carbons (Fsp3) is 0.636. The molecule has 1 aromatic rings. The Morgan fingerprint density at radius 1 is 1.67 bits per heavy atom. The van der Waals surface area contributed by atoms with E-state index in [1.165, 1.54) is 11.3 Å². The minimum absolute atomic E-state index is 0.112. The summed E-state index contributed by atoms with van der Waals surface area (Å²) in [6.07, 6.45) is 1.62. The van der Waals surface area contributed by atoms with Crippen LogP contribution in [0.15, 0.2) is 6.20 Å². The van der Waals surface area contributed by atoms with Crippen LogP contribution in [0.4, 0.5) is 0 Å². The first-order valence-electron chi connectivity index (χ1n) is 5.87. The number of hydrogen-bond acceptors (Lipinski definition) is 5. The quantitative estimate of drug-likeness (QED) is 0.903. The highest BCUT2D eigenvalue weighted by Gasteiger charge is 2.22. The van der Waals surface area contributed by atoms with Gasteiger partial charge in [0.25, 0.3) is 0 Å². The number of carbonyl (C=O) groups excluding carboxylic acids is 1. The fourth-order valence-corrected chi connectivity index (χ4v) is 2.66. The molecule has 0 radical (unpaired) electrons. The number of nitrogens with zero attached hydrogens (tertiary/aromatic N) is 2. The van der Waals surface area contributed by atoms with Crippen molar-refractivity contribution < 1.29 is 9.53 Å². The van der Waals surface area contributed by atoms with E-state index in [1.54, 1.807) is 6.20 Å². The summed E-state index contributed by atoms with van der Waals surface area (Å²) in [6.45, 7) is 5.03. The van der Waals surface area contributed by atoms with Crippen LogP contribution in [-0.2, 0) is 16.1 Å². The molecule has 2 heterocycles. The van der Waals surface area contributed by atoms with E-state index in [4.69, 9.17) is 16.3 Å². The molecule has 1 N–H and O–H groups in total. The Morgan fingerprint density at radius 2 is 2.39 bits per heavy atom. The van der Waals surface area contributed by atoms with Gasteiger partial charge in [0.1, 0.15) is 9.34 Å². The smallest absolute Gasteiger partial charge is 0.239 e. The lowest BCUT2D eigenvalue weighted by Gasteiger charge is -2.29. The van der Waals surface area contributed by atoms with Crippen molar-refractivity contribution in [3.8, 4) is 0 Å². The minimum atomic E-state index is -0.217. The van der Waals surface area contributed by atoms with Gasteiger partial charge in [-0.3, -0.25) is 10.1 Å². The van der Waals surface area contributed by atoms with E-state index in [9.17, 15) is 4.79 Å². The second-order valence-corrected chi connectivity index (χ2v) is 5.84. The summed E-state index contributed by atoms with van der Waals surface area (Å²) < 4.78 is 5.89. The van der Waals surface area contributed by atoms with Gasteiger partial charge >= 0.3 is 0 Å². The Bertz CT molecular complexity index is 407. The lowest BCUT2D eigenvalue weighted by atomic mass is 10.2. The summed E-state index contributed by atoms with van der Waals surface area (Å²) in [5.74, 6) is 0.112. The molecular formula is C11H16ClN3O2S. The topological polar surface area (TPSA) is 54.5 Å². The zero-order chi connectivity index (χ0) is 13.0. The molecule has 1 amide bonds. The maximum absolute atomic E-state index is 12.1. The summed E-state index contributed by atoms with van der Waals surface area (Å²) >= 11 is 7.22. The predicted molar refractivity (Wildman–Crippen MR) is 70.8 cm³/mol. The van der Waals surface area contributed by atoms with Crippen LogP contribution in [0.5, 0.6) is 0 Å². The standard InChI is InChI=1S/C11H16ClN3O2S/c1-8(11(16)15-2-4-17-5-3-15)13-7-10-14-6-9(12)18-10/h6,8,13H,2-5,7H2,1H3. The Kier molecular flexibility index (Phi) is 4.94. The van der Waals surface area contributed by atoms with Gasteiger partial charge in [-0.05, 0) is 6.92 Å². The van der Waals surface area contributed by atoms with E-state index in [1.807, 2.05) is 11.8 Å². The van der Waals surface area contributed by atoms with Crippen molar-refractivity contribution in [3.05, 3.63) is 15.5 Å². The summed E-state index contributed by atoms with van der Waals surface area (Å²) in [6, 6.07) is -0.217. The van der Waals surface area contributed by atoms with Gasteiger partial charge in [-0.2, -0.15) is 0 Å². The van der Waals surface area contributed by atoms with E-state index >= 15 is 0 Å². The van der Waals surface area contributed by atoms with E-state index in [0.29, 0.717) is 37.2 Å². The van der Waals surface area contributed by atoms with Crippen molar-refractivity contribution in [2.24, 2.45) is 0 Å². The summed E-state index contributed by atoms with van der Waals surface area (Å²) in [4.78, 5) is 18.1. The van der Waals surface area contributed by atoms with E-state index in [-0.39, 0.29) is 11.9 Å². The minimum Gasteiger partial charge on any atom is -0.378 e. The highest BCUT2D eigenvalue weighted by Crippen LogP contribution is 2.17. The van der Waals surface area contributed by atoms with Crippen LogP contribution >= 0.6 is 22.9 Å². The number of ether oxygens (including phenoxy) is 1. The van der Waals surface area contributed by atoms with Crippen LogP contribution in [-0.4, -0.2) is 48.1 Å². The molecule has 0 aromatic carbocycles. The number of thiazole rings is 1. The molecule has 0 aliphatic carbocycles. The second kappa shape index (κ2) is 6.47. The Balaban J connectivity index is 1.79. The maximum Gasteiger partial charge on any atom is 0.239 e. The normalized spacial score (nSPS) is 17.8. The Morgan fingerprint density at radius 3 is 3.00 bits per heavy atom. The Labute approximate surface area is 115 Å². The van der Waals surface area contributed by atoms with Gasteiger partial charge in [0.2, 0.25) is 5.91 Å². The molecule has 1 aromatic heterocycles. The van der Waals surface area contributed by atoms with Crippen molar-refractivity contribution in [3.63, 3.8) is 0 Å². The van der Waals surface area contributed by atoms with Gasteiger partial charge in [0, 0.05) is 19.6 Å². The van der Waals surface area contributed by atoms with Crippen molar-refractivity contribution >= 4 is 28.8 Å². The molecule has 1 atom stereocenters. The molecule has 1 unspecified atom stereocenters. The zero-order valence-electron chi connectivity index (χ0n) is 10.2. The zero-order valence-corrected chi connectivity index (χ0v) is 11.8. The highest BCUT2D eigenvalue weighted by atomic mass is 35.5. The number of carbonyl (C=O) groups is 1. The summed E-state index contributed by atoms with van der Waals surface area (Å²) in [5.41, 5.74) is 0. The molecule has 7 heteroatoms. The third kappa shape index (κ3) is 3.65. The molecule has 1 fully saturated rings. The van der Waals surface area contributed by atoms with Crippen LogP contribution < -0.4 is 5.32 Å². The van der Waals surface area contributed by atoms with Crippen molar-refractivity contribution in [2.45, 2.75) is 19.5 Å².